The Kier molecular flexibility index (Phi) is 4.36. The Morgan fingerprint density at radius 2 is 1.86 bits per heavy atom. The molecule has 0 bridgehead atoms. The molecule has 0 atom stereocenters. The molecule has 4 nitrogen and oxygen atoms in total. The van der Waals surface area contributed by atoms with Crippen LogP contribution in [-0.2, 0) is 0 Å². The second kappa shape index (κ2) is 6.24. The Morgan fingerprint density at radius 3 is 2.48 bits per heavy atom. The van der Waals surface area contributed by atoms with Gasteiger partial charge in [-0.3, -0.25) is 4.90 Å². The highest BCUT2D eigenvalue weighted by molar-refractivity contribution is 5.58. The lowest BCUT2D eigenvalue weighted by atomic mass is 10.0. The molecule has 1 aliphatic carbocycles. The molecule has 4 heteroatoms. The van der Waals surface area contributed by atoms with E-state index in [4.69, 9.17) is 10.5 Å². The molecule has 1 saturated carbocycles. The number of rotatable bonds is 6. The first-order valence-corrected chi connectivity index (χ1v) is 8.07. The predicted molar refractivity (Wildman–Crippen MR) is 87.0 cm³/mol. The van der Waals surface area contributed by atoms with Crippen molar-refractivity contribution in [1.82, 2.24) is 4.90 Å². The van der Waals surface area contributed by atoms with E-state index in [0.29, 0.717) is 5.41 Å². The molecule has 1 aliphatic heterocycles. The smallest absolute Gasteiger partial charge is 0.142 e. The van der Waals surface area contributed by atoms with Gasteiger partial charge in [-0.05, 0) is 43.4 Å². The molecular weight excluding hydrogens is 262 g/mol. The van der Waals surface area contributed by atoms with Crippen LogP contribution in [0.15, 0.2) is 24.3 Å². The zero-order valence-corrected chi connectivity index (χ0v) is 13.1. The van der Waals surface area contributed by atoms with E-state index in [2.05, 4.69) is 21.9 Å². The standard InChI is InChI=1S/C17H27N3O/c1-21-16-5-3-2-4-15(16)20-12-10-19(11-13-20)14-17(6-7-17)8-9-18/h2-5H,6-14,18H2,1H3. The summed E-state index contributed by atoms with van der Waals surface area (Å²) in [7, 11) is 1.75. The number of piperazine rings is 1. The van der Waals surface area contributed by atoms with E-state index < -0.39 is 0 Å². The van der Waals surface area contributed by atoms with Crippen molar-refractivity contribution >= 4 is 5.69 Å². The van der Waals surface area contributed by atoms with Gasteiger partial charge >= 0.3 is 0 Å². The number of nitrogens with zero attached hydrogens (tertiary/aromatic N) is 2. The maximum absolute atomic E-state index is 5.75. The summed E-state index contributed by atoms with van der Waals surface area (Å²) in [6.07, 6.45) is 3.94. The first kappa shape index (κ1) is 14.7. The molecule has 0 unspecified atom stereocenters. The average Bonchev–Trinajstić information content (AvgIpc) is 3.28. The molecule has 2 aliphatic rings. The molecule has 2 N–H and O–H groups in total. The van der Waals surface area contributed by atoms with Crippen LogP contribution >= 0.6 is 0 Å². The molecule has 2 fully saturated rings. The van der Waals surface area contributed by atoms with E-state index in [9.17, 15) is 0 Å². The minimum atomic E-state index is 0.557. The van der Waals surface area contributed by atoms with E-state index in [1.165, 1.54) is 31.5 Å². The SMILES string of the molecule is COc1ccccc1N1CCN(CC2(CCN)CC2)CC1. The van der Waals surface area contributed by atoms with E-state index in [0.717, 1.165) is 38.5 Å². The van der Waals surface area contributed by atoms with E-state index in [1.807, 2.05) is 12.1 Å². The Labute approximate surface area is 127 Å². The van der Waals surface area contributed by atoms with Gasteiger partial charge in [-0.2, -0.15) is 0 Å². The zero-order chi connectivity index (χ0) is 14.7. The van der Waals surface area contributed by atoms with Gasteiger partial charge in [-0.25, -0.2) is 0 Å². The lowest BCUT2D eigenvalue weighted by Gasteiger charge is -2.38. The van der Waals surface area contributed by atoms with Crippen LogP contribution in [0.1, 0.15) is 19.3 Å². The first-order valence-electron chi connectivity index (χ1n) is 8.07. The molecule has 1 saturated heterocycles. The quantitative estimate of drug-likeness (QED) is 0.869. The fraction of sp³-hybridized carbons (Fsp3) is 0.647. The summed E-state index contributed by atoms with van der Waals surface area (Å²) in [5.41, 5.74) is 7.53. The van der Waals surface area contributed by atoms with Gasteiger partial charge in [0, 0.05) is 32.7 Å². The van der Waals surface area contributed by atoms with Crippen molar-refractivity contribution < 1.29 is 4.74 Å². The van der Waals surface area contributed by atoms with Crippen LogP contribution in [0, 0.1) is 5.41 Å². The van der Waals surface area contributed by atoms with Crippen LogP contribution in [0.2, 0.25) is 0 Å². The van der Waals surface area contributed by atoms with E-state index in [-0.39, 0.29) is 0 Å². The highest BCUT2D eigenvalue weighted by atomic mass is 16.5. The van der Waals surface area contributed by atoms with Crippen LogP contribution in [0.5, 0.6) is 5.75 Å². The predicted octanol–water partition coefficient (Wildman–Crippen LogP) is 1.95. The molecule has 0 aromatic heterocycles. The Bertz CT molecular complexity index is 465. The van der Waals surface area contributed by atoms with Crippen molar-refractivity contribution in [1.29, 1.82) is 0 Å². The topological polar surface area (TPSA) is 41.7 Å². The number of para-hydroxylation sites is 2. The second-order valence-corrected chi connectivity index (χ2v) is 6.47. The molecule has 116 valence electrons. The summed E-state index contributed by atoms with van der Waals surface area (Å²) in [6.45, 7) is 6.53. The van der Waals surface area contributed by atoms with Gasteiger partial charge in [-0.15, -0.1) is 0 Å². The summed E-state index contributed by atoms with van der Waals surface area (Å²) < 4.78 is 5.48. The summed E-state index contributed by atoms with van der Waals surface area (Å²) >= 11 is 0. The van der Waals surface area contributed by atoms with Crippen molar-refractivity contribution in [3.05, 3.63) is 24.3 Å². The van der Waals surface area contributed by atoms with Crippen molar-refractivity contribution in [2.45, 2.75) is 19.3 Å². The van der Waals surface area contributed by atoms with E-state index >= 15 is 0 Å². The lowest BCUT2D eigenvalue weighted by molar-refractivity contribution is 0.203. The van der Waals surface area contributed by atoms with Crippen LogP contribution in [0.25, 0.3) is 0 Å². The Hall–Kier alpha value is -1.26. The fourth-order valence-corrected chi connectivity index (χ4v) is 3.48. The Morgan fingerprint density at radius 1 is 1.14 bits per heavy atom. The molecule has 1 heterocycles. The van der Waals surface area contributed by atoms with Gasteiger partial charge in [-0.1, -0.05) is 12.1 Å². The molecule has 21 heavy (non-hydrogen) atoms. The van der Waals surface area contributed by atoms with Crippen molar-refractivity contribution in [3.63, 3.8) is 0 Å². The third-order valence-electron chi connectivity index (χ3n) is 4.99. The first-order chi connectivity index (χ1) is 10.3. The van der Waals surface area contributed by atoms with Crippen LogP contribution < -0.4 is 15.4 Å². The van der Waals surface area contributed by atoms with E-state index in [1.54, 1.807) is 7.11 Å². The van der Waals surface area contributed by atoms with Crippen molar-refractivity contribution in [3.8, 4) is 5.75 Å². The van der Waals surface area contributed by atoms with Crippen LogP contribution in [0.3, 0.4) is 0 Å². The van der Waals surface area contributed by atoms with Gasteiger partial charge in [0.15, 0.2) is 0 Å². The number of hydrogen-bond acceptors (Lipinski definition) is 4. The van der Waals surface area contributed by atoms with Gasteiger partial charge in [0.05, 0.1) is 12.8 Å². The van der Waals surface area contributed by atoms with Crippen LogP contribution in [-0.4, -0.2) is 51.3 Å². The normalized spacial score (nSPS) is 21.3. The number of nitrogens with two attached hydrogens (primary N) is 1. The number of methoxy groups -OCH3 is 1. The molecule has 3 rings (SSSR count). The van der Waals surface area contributed by atoms with Gasteiger partial charge in [0.1, 0.15) is 5.75 Å². The minimum Gasteiger partial charge on any atom is -0.495 e. The number of hydrogen-bond donors (Lipinski definition) is 1. The summed E-state index contributed by atoms with van der Waals surface area (Å²) in [6, 6.07) is 8.32. The zero-order valence-electron chi connectivity index (χ0n) is 13.1. The highest BCUT2D eigenvalue weighted by Crippen LogP contribution is 2.49. The second-order valence-electron chi connectivity index (χ2n) is 6.47. The molecule has 1 aromatic carbocycles. The fourth-order valence-electron chi connectivity index (χ4n) is 3.48. The molecule has 0 amide bonds. The highest BCUT2D eigenvalue weighted by Gasteiger charge is 2.43. The molecule has 0 radical (unpaired) electrons. The van der Waals surface area contributed by atoms with Gasteiger partial charge in [0.2, 0.25) is 0 Å². The largest absolute Gasteiger partial charge is 0.495 e. The maximum atomic E-state index is 5.75. The lowest BCUT2D eigenvalue weighted by Crippen LogP contribution is -2.48. The Balaban J connectivity index is 1.55. The van der Waals surface area contributed by atoms with Crippen molar-refractivity contribution in [2.75, 3.05) is 51.3 Å². The van der Waals surface area contributed by atoms with Gasteiger partial charge < -0.3 is 15.4 Å². The minimum absolute atomic E-state index is 0.557. The summed E-state index contributed by atoms with van der Waals surface area (Å²) in [5.74, 6) is 0.979. The van der Waals surface area contributed by atoms with Gasteiger partial charge in [0.25, 0.3) is 0 Å². The molecular formula is C17H27N3O. The number of anilines is 1. The average molecular weight is 289 g/mol. The third kappa shape index (κ3) is 3.33. The molecule has 0 spiro atoms. The van der Waals surface area contributed by atoms with Crippen molar-refractivity contribution in [2.24, 2.45) is 11.1 Å². The number of benzene rings is 1. The third-order valence-corrected chi connectivity index (χ3v) is 4.99. The monoisotopic (exact) mass is 289 g/mol. The van der Waals surface area contributed by atoms with Crippen LogP contribution in [0.4, 0.5) is 5.69 Å². The molecule has 1 aromatic rings. The summed E-state index contributed by atoms with van der Waals surface area (Å²) in [5, 5.41) is 0. The number of ether oxygens (including phenoxy) is 1. The summed E-state index contributed by atoms with van der Waals surface area (Å²) in [4.78, 5) is 5.06. The maximum Gasteiger partial charge on any atom is 0.142 e.